The Labute approximate surface area is 144 Å². The number of morpholine rings is 1. The predicted octanol–water partition coefficient (Wildman–Crippen LogP) is 2.72. The lowest BCUT2D eigenvalue weighted by Gasteiger charge is -2.33. The average molecular weight is 339 g/mol. The van der Waals surface area contributed by atoms with Gasteiger partial charge in [0.25, 0.3) is 0 Å². The van der Waals surface area contributed by atoms with Crippen molar-refractivity contribution < 1.29 is 9.13 Å². The second-order valence-electron chi connectivity index (χ2n) is 6.65. The SMILES string of the molecule is Fc1cccc(C2CN(c3ccc4nnc(C5CC5)n4n3)CCO2)c1. The maximum Gasteiger partial charge on any atom is 0.178 e. The van der Waals surface area contributed by atoms with Gasteiger partial charge in [-0.2, -0.15) is 4.52 Å². The molecule has 0 radical (unpaired) electrons. The highest BCUT2D eigenvalue weighted by Gasteiger charge is 2.30. The van der Waals surface area contributed by atoms with E-state index in [0.717, 1.165) is 42.2 Å². The number of anilines is 1. The van der Waals surface area contributed by atoms with Gasteiger partial charge in [0.2, 0.25) is 0 Å². The maximum atomic E-state index is 13.5. The Hall–Kier alpha value is -2.54. The van der Waals surface area contributed by atoms with Gasteiger partial charge in [0.1, 0.15) is 17.7 Å². The van der Waals surface area contributed by atoms with E-state index in [0.29, 0.717) is 19.1 Å². The van der Waals surface area contributed by atoms with Crippen molar-refractivity contribution in [1.29, 1.82) is 0 Å². The lowest BCUT2D eigenvalue weighted by molar-refractivity contribution is 0.0392. The van der Waals surface area contributed by atoms with Crippen LogP contribution in [0.15, 0.2) is 36.4 Å². The first-order chi connectivity index (χ1) is 12.3. The highest BCUT2D eigenvalue weighted by molar-refractivity contribution is 5.47. The summed E-state index contributed by atoms with van der Waals surface area (Å²) in [7, 11) is 0. The molecule has 128 valence electrons. The van der Waals surface area contributed by atoms with E-state index in [1.54, 1.807) is 6.07 Å². The van der Waals surface area contributed by atoms with Crippen LogP contribution in [0.2, 0.25) is 0 Å². The topological polar surface area (TPSA) is 55.6 Å². The quantitative estimate of drug-likeness (QED) is 0.734. The van der Waals surface area contributed by atoms with Crippen LogP contribution in [0.3, 0.4) is 0 Å². The zero-order valence-electron chi connectivity index (χ0n) is 13.7. The number of hydrogen-bond donors (Lipinski definition) is 0. The smallest absolute Gasteiger partial charge is 0.178 e. The Bertz CT molecular complexity index is 923. The number of benzene rings is 1. The van der Waals surface area contributed by atoms with Crippen molar-refractivity contribution in [2.75, 3.05) is 24.6 Å². The van der Waals surface area contributed by atoms with Crippen LogP contribution in [0.4, 0.5) is 10.2 Å². The molecule has 3 heterocycles. The number of nitrogens with zero attached hydrogens (tertiary/aromatic N) is 5. The van der Waals surface area contributed by atoms with E-state index in [9.17, 15) is 4.39 Å². The Balaban J connectivity index is 1.44. The number of hydrogen-bond acceptors (Lipinski definition) is 5. The number of halogens is 1. The first kappa shape index (κ1) is 14.8. The molecule has 5 rings (SSSR count). The molecular formula is C18H18FN5O. The highest BCUT2D eigenvalue weighted by Crippen LogP contribution is 2.38. The van der Waals surface area contributed by atoms with E-state index in [-0.39, 0.29) is 11.9 Å². The molecule has 1 aliphatic carbocycles. The first-order valence-corrected chi connectivity index (χ1v) is 8.62. The summed E-state index contributed by atoms with van der Waals surface area (Å²) in [4.78, 5) is 2.18. The van der Waals surface area contributed by atoms with Crippen molar-refractivity contribution >= 4 is 11.5 Å². The van der Waals surface area contributed by atoms with Gasteiger partial charge < -0.3 is 9.64 Å². The molecule has 0 N–H and O–H groups in total. The van der Waals surface area contributed by atoms with Crippen LogP contribution < -0.4 is 4.90 Å². The summed E-state index contributed by atoms with van der Waals surface area (Å²) in [5.74, 6) is 2.07. The first-order valence-electron chi connectivity index (χ1n) is 8.62. The predicted molar refractivity (Wildman–Crippen MR) is 90.1 cm³/mol. The molecule has 0 bridgehead atoms. The fourth-order valence-corrected chi connectivity index (χ4v) is 3.33. The van der Waals surface area contributed by atoms with Gasteiger partial charge in [-0.3, -0.25) is 0 Å². The normalized spacial score (nSPS) is 21.0. The Morgan fingerprint density at radius 3 is 2.88 bits per heavy atom. The summed E-state index contributed by atoms with van der Waals surface area (Å²) in [6.07, 6.45) is 2.16. The van der Waals surface area contributed by atoms with Crippen LogP contribution in [0.5, 0.6) is 0 Å². The number of aromatic nitrogens is 4. The molecule has 7 heteroatoms. The molecular weight excluding hydrogens is 321 g/mol. The lowest BCUT2D eigenvalue weighted by atomic mass is 10.1. The van der Waals surface area contributed by atoms with Crippen LogP contribution in [0, 0.1) is 5.82 Å². The van der Waals surface area contributed by atoms with Crippen LogP contribution in [-0.4, -0.2) is 39.5 Å². The van der Waals surface area contributed by atoms with E-state index in [4.69, 9.17) is 9.84 Å². The van der Waals surface area contributed by atoms with E-state index >= 15 is 0 Å². The van der Waals surface area contributed by atoms with Crippen LogP contribution >= 0.6 is 0 Å². The summed E-state index contributed by atoms with van der Waals surface area (Å²) < 4.78 is 21.2. The van der Waals surface area contributed by atoms with Gasteiger partial charge in [-0.25, -0.2) is 4.39 Å². The monoisotopic (exact) mass is 339 g/mol. The summed E-state index contributed by atoms with van der Waals surface area (Å²) >= 11 is 0. The standard InChI is InChI=1S/C18H18FN5O/c19-14-3-1-2-13(10-14)15-11-23(8-9-25-15)17-7-6-16-20-21-18(12-4-5-12)24(16)22-17/h1-3,6-7,10,12,15H,4-5,8-9,11H2. The number of fused-ring (bicyclic) bond motifs is 1. The molecule has 6 nitrogen and oxygen atoms in total. The van der Waals surface area contributed by atoms with Gasteiger partial charge in [0.05, 0.1) is 6.61 Å². The minimum atomic E-state index is -0.240. The van der Waals surface area contributed by atoms with Crippen molar-refractivity contribution in [3.63, 3.8) is 0 Å². The minimum Gasteiger partial charge on any atom is -0.370 e. The maximum absolute atomic E-state index is 13.5. The van der Waals surface area contributed by atoms with Crippen LogP contribution in [0.25, 0.3) is 5.65 Å². The van der Waals surface area contributed by atoms with Gasteiger partial charge >= 0.3 is 0 Å². The molecule has 2 aliphatic rings. The second-order valence-corrected chi connectivity index (χ2v) is 6.65. The molecule has 2 fully saturated rings. The molecule has 0 amide bonds. The molecule has 0 spiro atoms. The second kappa shape index (κ2) is 5.77. The van der Waals surface area contributed by atoms with Gasteiger partial charge in [-0.1, -0.05) is 12.1 Å². The van der Waals surface area contributed by atoms with Crippen LogP contribution in [-0.2, 0) is 4.74 Å². The van der Waals surface area contributed by atoms with Crippen molar-refractivity contribution in [3.8, 4) is 0 Å². The summed E-state index contributed by atoms with van der Waals surface area (Å²) in [5.41, 5.74) is 1.63. The molecule has 2 aromatic heterocycles. The number of ether oxygens (including phenoxy) is 1. The zero-order valence-corrected chi connectivity index (χ0v) is 13.7. The van der Waals surface area contributed by atoms with Crippen molar-refractivity contribution in [1.82, 2.24) is 19.8 Å². The van der Waals surface area contributed by atoms with Crippen molar-refractivity contribution in [2.24, 2.45) is 0 Å². The molecule has 1 unspecified atom stereocenters. The Morgan fingerprint density at radius 1 is 1.12 bits per heavy atom. The van der Waals surface area contributed by atoms with Gasteiger partial charge in [-0.05, 0) is 42.7 Å². The molecule has 1 atom stereocenters. The Morgan fingerprint density at radius 2 is 2.04 bits per heavy atom. The van der Waals surface area contributed by atoms with E-state index in [2.05, 4.69) is 15.1 Å². The largest absolute Gasteiger partial charge is 0.370 e. The zero-order chi connectivity index (χ0) is 16.8. The van der Waals surface area contributed by atoms with Crippen LogP contribution in [0.1, 0.15) is 36.3 Å². The summed E-state index contributed by atoms with van der Waals surface area (Å²) in [6, 6.07) is 10.5. The van der Waals surface area contributed by atoms with E-state index in [1.165, 1.54) is 12.1 Å². The van der Waals surface area contributed by atoms with Gasteiger partial charge in [0.15, 0.2) is 11.5 Å². The average Bonchev–Trinajstić information content (AvgIpc) is 3.40. The fourth-order valence-electron chi connectivity index (χ4n) is 3.33. The molecule has 1 saturated heterocycles. The molecule has 1 aromatic carbocycles. The van der Waals surface area contributed by atoms with E-state index in [1.807, 2.05) is 22.7 Å². The van der Waals surface area contributed by atoms with Crippen molar-refractivity contribution in [2.45, 2.75) is 24.9 Å². The fraction of sp³-hybridized carbons (Fsp3) is 0.389. The third-order valence-electron chi connectivity index (χ3n) is 4.83. The summed E-state index contributed by atoms with van der Waals surface area (Å²) in [5, 5.41) is 13.2. The third kappa shape index (κ3) is 2.74. The summed E-state index contributed by atoms with van der Waals surface area (Å²) in [6.45, 7) is 1.98. The molecule has 1 aliphatic heterocycles. The lowest BCUT2D eigenvalue weighted by Crippen LogP contribution is -2.39. The van der Waals surface area contributed by atoms with Gasteiger partial charge in [0, 0.05) is 19.0 Å². The molecule has 1 saturated carbocycles. The molecule has 25 heavy (non-hydrogen) atoms. The third-order valence-corrected chi connectivity index (χ3v) is 4.83. The molecule has 3 aromatic rings. The number of rotatable bonds is 3. The Kier molecular flexibility index (Phi) is 3.41. The highest BCUT2D eigenvalue weighted by atomic mass is 19.1. The van der Waals surface area contributed by atoms with E-state index < -0.39 is 0 Å². The van der Waals surface area contributed by atoms with Crippen molar-refractivity contribution in [3.05, 3.63) is 53.6 Å². The van der Waals surface area contributed by atoms with Gasteiger partial charge in [-0.15, -0.1) is 15.3 Å². The minimum absolute atomic E-state index is 0.161.